The first-order chi connectivity index (χ1) is 8.62. The molecular weight excluding hydrogens is 258 g/mol. The van der Waals surface area contributed by atoms with E-state index in [0.29, 0.717) is 0 Å². The zero-order valence-electron chi connectivity index (χ0n) is 11.1. The van der Waals surface area contributed by atoms with E-state index in [-0.39, 0.29) is 6.29 Å². The summed E-state index contributed by atoms with van der Waals surface area (Å²) in [6.07, 6.45) is -5.93. The summed E-state index contributed by atoms with van der Waals surface area (Å²) in [5.41, 5.74) is -0.786. The first-order valence-corrected chi connectivity index (χ1v) is 5.72. The molecule has 0 aliphatic carbocycles. The summed E-state index contributed by atoms with van der Waals surface area (Å²) in [4.78, 5) is 22.2. The van der Waals surface area contributed by atoms with E-state index in [1.807, 2.05) is 0 Å². The minimum absolute atomic E-state index is 0.196. The third-order valence-electron chi connectivity index (χ3n) is 2.13. The number of hydrogen-bond acceptors (Lipinski definition) is 7. The number of alkyl carbamates (subject to hydrolysis) is 1. The van der Waals surface area contributed by atoms with Gasteiger partial charge in [-0.15, -0.1) is 0 Å². The molecule has 0 aliphatic rings. The van der Waals surface area contributed by atoms with Crippen LogP contribution in [0, 0.1) is 0 Å². The van der Waals surface area contributed by atoms with Crippen LogP contribution in [0.3, 0.4) is 0 Å². The van der Waals surface area contributed by atoms with Crippen molar-refractivity contribution in [2.45, 2.75) is 50.7 Å². The van der Waals surface area contributed by atoms with Gasteiger partial charge in [-0.05, 0) is 20.8 Å². The summed E-state index contributed by atoms with van der Waals surface area (Å²) >= 11 is 0. The summed E-state index contributed by atoms with van der Waals surface area (Å²) in [5, 5.41) is 38.8. The molecule has 8 heteroatoms. The minimum atomic E-state index is -1.78. The number of ether oxygens (including phenoxy) is 1. The monoisotopic (exact) mass is 279 g/mol. The Morgan fingerprint density at radius 3 is 2.16 bits per heavy atom. The summed E-state index contributed by atoms with van der Waals surface area (Å²) in [6, 6.07) is -1.47. The molecule has 5 N–H and O–H groups in total. The van der Waals surface area contributed by atoms with Crippen LogP contribution < -0.4 is 5.32 Å². The maximum Gasteiger partial charge on any atom is 0.408 e. The smallest absolute Gasteiger partial charge is 0.408 e. The molecule has 0 radical (unpaired) electrons. The molecule has 0 rings (SSSR count). The van der Waals surface area contributed by atoms with Gasteiger partial charge in [0, 0.05) is 0 Å². The molecule has 0 spiro atoms. The van der Waals surface area contributed by atoms with E-state index in [4.69, 9.17) is 14.9 Å². The highest BCUT2D eigenvalue weighted by Gasteiger charge is 2.32. The first kappa shape index (κ1) is 17.8. The van der Waals surface area contributed by atoms with Gasteiger partial charge in [0.25, 0.3) is 0 Å². The molecule has 0 saturated heterocycles. The number of amides is 1. The van der Waals surface area contributed by atoms with Crippen molar-refractivity contribution in [3.63, 3.8) is 0 Å². The second-order valence-electron chi connectivity index (χ2n) is 5.04. The van der Waals surface area contributed by atoms with Crippen LogP contribution in [0.25, 0.3) is 0 Å². The molecule has 0 fully saturated rings. The van der Waals surface area contributed by atoms with E-state index in [1.165, 1.54) is 0 Å². The Hall–Kier alpha value is -1.22. The maximum absolute atomic E-state index is 11.4. The Bertz CT molecular complexity index is 302. The summed E-state index contributed by atoms with van der Waals surface area (Å²) in [7, 11) is 0. The molecule has 0 unspecified atom stereocenters. The summed E-state index contributed by atoms with van der Waals surface area (Å²) < 4.78 is 4.87. The topological polar surface area (TPSA) is 136 Å². The predicted octanol–water partition coefficient (Wildman–Crippen LogP) is -1.85. The number of aliphatic hydroxyl groups excluding tert-OH is 4. The lowest BCUT2D eigenvalue weighted by Crippen LogP contribution is -2.54. The number of aldehydes is 1. The van der Waals surface area contributed by atoms with E-state index in [0.717, 1.165) is 0 Å². The van der Waals surface area contributed by atoms with E-state index < -0.39 is 42.7 Å². The van der Waals surface area contributed by atoms with Crippen molar-refractivity contribution in [1.29, 1.82) is 0 Å². The van der Waals surface area contributed by atoms with E-state index >= 15 is 0 Å². The van der Waals surface area contributed by atoms with Crippen molar-refractivity contribution in [2.75, 3.05) is 6.61 Å². The molecule has 0 heterocycles. The summed E-state index contributed by atoms with van der Waals surface area (Å²) in [6.45, 7) is 4.05. The first-order valence-electron chi connectivity index (χ1n) is 5.72. The van der Waals surface area contributed by atoms with Gasteiger partial charge in [-0.3, -0.25) is 0 Å². The van der Waals surface area contributed by atoms with Gasteiger partial charge in [-0.2, -0.15) is 0 Å². The number of carbonyl (C=O) groups excluding carboxylic acids is 2. The molecule has 112 valence electrons. The number of aliphatic hydroxyl groups is 4. The van der Waals surface area contributed by atoms with Gasteiger partial charge in [0.1, 0.15) is 36.2 Å². The zero-order valence-corrected chi connectivity index (χ0v) is 11.1. The molecule has 0 aliphatic heterocycles. The standard InChI is InChI=1S/C11H21NO7/c1-11(2,3)19-10(18)12-6(4-13)8(16)9(17)7(15)5-14/h4,6-9,14-17H,5H2,1-3H3,(H,12,18)/t6-,7-,8+,9-/m1/s1. The van der Waals surface area contributed by atoms with Crippen LogP contribution in [0.4, 0.5) is 4.79 Å². The molecule has 0 saturated carbocycles. The van der Waals surface area contributed by atoms with Crippen molar-refractivity contribution in [3.05, 3.63) is 0 Å². The highest BCUT2D eigenvalue weighted by Crippen LogP contribution is 2.08. The van der Waals surface area contributed by atoms with Crippen LogP contribution in [-0.2, 0) is 9.53 Å². The van der Waals surface area contributed by atoms with Crippen molar-refractivity contribution >= 4 is 12.4 Å². The third kappa shape index (κ3) is 6.48. The average molecular weight is 279 g/mol. The normalized spacial score (nSPS) is 18.1. The van der Waals surface area contributed by atoms with Crippen molar-refractivity contribution in [3.8, 4) is 0 Å². The van der Waals surface area contributed by atoms with Crippen LogP contribution >= 0.6 is 0 Å². The SMILES string of the molecule is CC(C)(C)OC(=O)N[C@H](C=O)[C@H](O)[C@H](O)[C@H](O)CO. The number of rotatable bonds is 6. The Morgan fingerprint density at radius 1 is 1.26 bits per heavy atom. The van der Waals surface area contributed by atoms with Crippen LogP contribution in [0.1, 0.15) is 20.8 Å². The fourth-order valence-electron chi connectivity index (χ4n) is 1.19. The van der Waals surface area contributed by atoms with Gasteiger partial charge in [-0.1, -0.05) is 0 Å². The van der Waals surface area contributed by atoms with Crippen molar-refractivity contribution in [2.24, 2.45) is 0 Å². The number of nitrogens with one attached hydrogen (secondary N) is 1. The van der Waals surface area contributed by atoms with Gasteiger partial charge >= 0.3 is 6.09 Å². The second-order valence-corrected chi connectivity index (χ2v) is 5.04. The molecule has 0 aromatic heterocycles. The largest absolute Gasteiger partial charge is 0.444 e. The van der Waals surface area contributed by atoms with Gasteiger partial charge in [0.05, 0.1) is 6.61 Å². The lowest BCUT2D eigenvalue weighted by Gasteiger charge is -2.27. The predicted molar refractivity (Wildman–Crippen MR) is 64.3 cm³/mol. The van der Waals surface area contributed by atoms with Crippen LogP contribution in [0.2, 0.25) is 0 Å². The highest BCUT2D eigenvalue weighted by atomic mass is 16.6. The molecule has 0 aromatic carbocycles. The van der Waals surface area contributed by atoms with Crippen LogP contribution in [0.15, 0.2) is 0 Å². The fraction of sp³-hybridized carbons (Fsp3) is 0.818. The Labute approximate surface area is 111 Å². The Morgan fingerprint density at radius 2 is 1.79 bits per heavy atom. The Balaban J connectivity index is 4.58. The molecule has 1 amide bonds. The Kier molecular flexibility index (Phi) is 6.91. The maximum atomic E-state index is 11.4. The second kappa shape index (κ2) is 7.39. The van der Waals surface area contributed by atoms with Crippen LogP contribution in [-0.4, -0.2) is 69.4 Å². The fourth-order valence-corrected chi connectivity index (χ4v) is 1.19. The molecule has 0 aromatic rings. The quantitative estimate of drug-likeness (QED) is 0.360. The zero-order chi connectivity index (χ0) is 15.2. The van der Waals surface area contributed by atoms with Crippen molar-refractivity contribution < 1.29 is 34.8 Å². The molecular formula is C11H21NO7. The third-order valence-corrected chi connectivity index (χ3v) is 2.13. The van der Waals surface area contributed by atoms with Crippen LogP contribution in [0.5, 0.6) is 0 Å². The molecule has 8 nitrogen and oxygen atoms in total. The van der Waals surface area contributed by atoms with E-state index in [9.17, 15) is 19.8 Å². The van der Waals surface area contributed by atoms with Gasteiger partial charge in [-0.25, -0.2) is 4.79 Å². The number of hydrogen-bond donors (Lipinski definition) is 5. The molecule has 0 bridgehead atoms. The summed E-state index contributed by atoms with van der Waals surface area (Å²) in [5.74, 6) is 0. The van der Waals surface area contributed by atoms with Gasteiger partial charge in [0.15, 0.2) is 0 Å². The minimum Gasteiger partial charge on any atom is -0.444 e. The lowest BCUT2D eigenvalue weighted by atomic mass is 10.0. The molecule has 4 atom stereocenters. The van der Waals surface area contributed by atoms with E-state index in [2.05, 4.69) is 5.32 Å². The van der Waals surface area contributed by atoms with Gasteiger partial charge in [0.2, 0.25) is 0 Å². The lowest BCUT2D eigenvalue weighted by molar-refractivity contribution is -0.120. The molecule has 19 heavy (non-hydrogen) atoms. The van der Waals surface area contributed by atoms with Gasteiger partial charge < -0.3 is 35.3 Å². The average Bonchev–Trinajstić information content (AvgIpc) is 2.30. The number of carbonyl (C=O) groups is 2. The van der Waals surface area contributed by atoms with E-state index in [1.54, 1.807) is 20.8 Å². The highest BCUT2D eigenvalue weighted by molar-refractivity contribution is 5.73. The van der Waals surface area contributed by atoms with Crippen molar-refractivity contribution in [1.82, 2.24) is 5.32 Å².